The molecule has 4 atom stereocenters. The van der Waals surface area contributed by atoms with Crippen molar-refractivity contribution in [1.29, 1.82) is 0 Å². The van der Waals surface area contributed by atoms with Crippen molar-refractivity contribution < 1.29 is 19.7 Å². The van der Waals surface area contributed by atoms with E-state index in [0.29, 0.717) is 0 Å². The van der Waals surface area contributed by atoms with Crippen LogP contribution >= 0.6 is 0 Å². The molecule has 0 bridgehead atoms. The van der Waals surface area contributed by atoms with Gasteiger partial charge in [0.25, 0.3) is 5.56 Å². The number of nitrogens with one attached hydrogen (secondary N) is 1. The SMILES string of the molecule is COC[C@H]1O[C@@H](n2ccc(=O)[nH]c2=O)[C@@H](O)[C@@H]1O. The third-order valence-electron chi connectivity index (χ3n) is 2.79. The van der Waals surface area contributed by atoms with E-state index in [1.165, 1.54) is 13.3 Å². The summed E-state index contributed by atoms with van der Waals surface area (Å²) in [5.74, 6) is 0. The Kier molecular flexibility index (Phi) is 3.62. The van der Waals surface area contributed by atoms with E-state index in [1.54, 1.807) is 0 Å². The zero-order chi connectivity index (χ0) is 13.3. The molecule has 1 saturated heterocycles. The van der Waals surface area contributed by atoms with Crippen LogP contribution in [0.15, 0.2) is 21.9 Å². The van der Waals surface area contributed by atoms with E-state index in [1.807, 2.05) is 4.98 Å². The van der Waals surface area contributed by atoms with Gasteiger partial charge in [0.2, 0.25) is 0 Å². The number of aromatic nitrogens is 2. The summed E-state index contributed by atoms with van der Waals surface area (Å²) in [6, 6.07) is 1.13. The second-order valence-electron chi connectivity index (χ2n) is 4.02. The molecule has 8 nitrogen and oxygen atoms in total. The second kappa shape index (κ2) is 5.02. The molecule has 0 spiro atoms. The molecule has 3 N–H and O–H groups in total. The summed E-state index contributed by atoms with van der Waals surface area (Å²) >= 11 is 0. The third kappa shape index (κ3) is 2.23. The number of ether oxygens (including phenoxy) is 2. The van der Waals surface area contributed by atoms with E-state index in [4.69, 9.17) is 9.47 Å². The van der Waals surface area contributed by atoms with Gasteiger partial charge in [0, 0.05) is 19.4 Å². The summed E-state index contributed by atoms with van der Waals surface area (Å²) in [6.07, 6.45) is -3.00. The Morgan fingerprint density at radius 2 is 2.17 bits per heavy atom. The van der Waals surface area contributed by atoms with Crippen molar-refractivity contribution >= 4 is 0 Å². The fraction of sp³-hybridized carbons (Fsp3) is 0.600. The van der Waals surface area contributed by atoms with Gasteiger partial charge in [-0.1, -0.05) is 0 Å². The molecule has 100 valence electrons. The quantitative estimate of drug-likeness (QED) is 0.567. The summed E-state index contributed by atoms with van der Waals surface area (Å²) in [7, 11) is 1.43. The van der Waals surface area contributed by atoms with Gasteiger partial charge in [-0.25, -0.2) is 4.79 Å². The minimum absolute atomic E-state index is 0.0901. The average Bonchev–Trinajstić information content (AvgIpc) is 2.58. The minimum atomic E-state index is -1.27. The summed E-state index contributed by atoms with van der Waals surface area (Å²) in [4.78, 5) is 24.5. The van der Waals surface area contributed by atoms with Crippen molar-refractivity contribution in [2.45, 2.75) is 24.5 Å². The summed E-state index contributed by atoms with van der Waals surface area (Å²) < 4.78 is 11.2. The number of aromatic amines is 1. The van der Waals surface area contributed by atoms with Gasteiger partial charge in [-0.2, -0.15) is 0 Å². The number of nitrogens with zero attached hydrogens (tertiary/aromatic N) is 1. The molecule has 0 radical (unpaired) electrons. The van der Waals surface area contributed by atoms with Crippen molar-refractivity contribution in [3.8, 4) is 0 Å². The lowest BCUT2D eigenvalue weighted by Crippen LogP contribution is -2.37. The highest BCUT2D eigenvalue weighted by Gasteiger charge is 2.43. The Bertz CT molecular complexity index is 524. The molecule has 1 aliphatic rings. The van der Waals surface area contributed by atoms with Crippen molar-refractivity contribution in [1.82, 2.24) is 9.55 Å². The molecule has 2 heterocycles. The fourth-order valence-corrected chi connectivity index (χ4v) is 1.89. The van der Waals surface area contributed by atoms with Gasteiger partial charge in [-0.15, -0.1) is 0 Å². The van der Waals surface area contributed by atoms with Gasteiger partial charge >= 0.3 is 5.69 Å². The van der Waals surface area contributed by atoms with Crippen LogP contribution in [0.5, 0.6) is 0 Å². The number of H-pyrrole nitrogens is 1. The highest BCUT2D eigenvalue weighted by molar-refractivity contribution is 4.93. The predicted molar refractivity (Wildman–Crippen MR) is 59.1 cm³/mol. The van der Waals surface area contributed by atoms with E-state index in [-0.39, 0.29) is 6.61 Å². The Hall–Kier alpha value is -1.48. The Morgan fingerprint density at radius 1 is 1.44 bits per heavy atom. The number of aliphatic hydroxyl groups excluding tert-OH is 2. The van der Waals surface area contributed by atoms with Crippen LogP contribution in [0.1, 0.15) is 6.23 Å². The Labute approximate surface area is 101 Å². The summed E-state index contributed by atoms with van der Waals surface area (Å²) in [5.41, 5.74) is -1.26. The van der Waals surface area contributed by atoms with Gasteiger partial charge in [0.1, 0.15) is 18.3 Å². The minimum Gasteiger partial charge on any atom is -0.387 e. The first-order valence-corrected chi connectivity index (χ1v) is 5.36. The van der Waals surface area contributed by atoms with Crippen LogP contribution in [-0.4, -0.2) is 51.8 Å². The van der Waals surface area contributed by atoms with Gasteiger partial charge in [-0.3, -0.25) is 14.3 Å². The van der Waals surface area contributed by atoms with Crippen LogP contribution < -0.4 is 11.2 Å². The molecule has 0 amide bonds. The fourth-order valence-electron chi connectivity index (χ4n) is 1.89. The van der Waals surface area contributed by atoms with Crippen molar-refractivity contribution in [2.75, 3.05) is 13.7 Å². The van der Waals surface area contributed by atoms with Crippen molar-refractivity contribution in [2.24, 2.45) is 0 Å². The number of hydrogen-bond acceptors (Lipinski definition) is 6. The highest BCUT2D eigenvalue weighted by atomic mass is 16.6. The third-order valence-corrected chi connectivity index (χ3v) is 2.79. The van der Waals surface area contributed by atoms with E-state index in [0.717, 1.165) is 10.6 Å². The predicted octanol–water partition coefficient (Wildman–Crippen LogP) is -2.20. The first-order valence-electron chi connectivity index (χ1n) is 5.36. The van der Waals surface area contributed by atoms with Crippen molar-refractivity contribution in [3.05, 3.63) is 33.1 Å². The molecule has 1 aromatic rings. The largest absolute Gasteiger partial charge is 0.387 e. The monoisotopic (exact) mass is 258 g/mol. The Balaban J connectivity index is 2.29. The molecular weight excluding hydrogens is 244 g/mol. The van der Waals surface area contributed by atoms with E-state index in [9.17, 15) is 19.8 Å². The summed E-state index contributed by atoms with van der Waals surface area (Å²) in [6.45, 7) is 0.0901. The van der Waals surface area contributed by atoms with Gasteiger partial charge in [0.05, 0.1) is 6.61 Å². The molecular formula is C10H14N2O6. The lowest BCUT2D eigenvalue weighted by molar-refractivity contribution is -0.0614. The number of aliphatic hydroxyl groups is 2. The highest BCUT2D eigenvalue weighted by Crippen LogP contribution is 2.28. The maximum Gasteiger partial charge on any atom is 0.330 e. The number of rotatable bonds is 3. The molecule has 0 unspecified atom stereocenters. The first-order chi connectivity index (χ1) is 8.54. The summed E-state index contributed by atoms with van der Waals surface area (Å²) in [5, 5.41) is 19.5. The molecule has 2 rings (SSSR count). The smallest absolute Gasteiger partial charge is 0.330 e. The zero-order valence-corrected chi connectivity index (χ0v) is 9.65. The van der Waals surface area contributed by atoms with Gasteiger partial charge in [-0.05, 0) is 0 Å². The maximum atomic E-state index is 11.5. The molecule has 18 heavy (non-hydrogen) atoms. The number of methoxy groups -OCH3 is 1. The maximum absolute atomic E-state index is 11.5. The zero-order valence-electron chi connectivity index (χ0n) is 9.65. The average molecular weight is 258 g/mol. The number of hydrogen-bond donors (Lipinski definition) is 3. The molecule has 0 aromatic carbocycles. The molecule has 1 fully saturated rings. The molecule has 1 aliphatic heterocycles. The van der Waals surface area contributed by atoms with Gasteiger partial charge in [0.15, 0.2) is 6.23 Å². The van der Waals surface area contributed by atoms with Crippen LogP contribution in [0, 0.1) is 0 Å². The molecule has 1 aromatic heterocycles. The van der Waals surface area contributed by atoms with E-state index in [2.05, 4.69) is 0 Å². The van der Waals surface area contributed by atoms with Crippen LogP contribution in [0.4, 0.5) is 0 Å². The van der Waals surface area contributed by atoms with Crippen LogP contribution in [0.3, 0.4) is 0 Å². The van der Waals surface area contributed by atoms with Crippen LogP contribution in [0.25, 0.3) is 0 Å². The molecule has 0 aliphatic carbocycles. The molecule has 8 heteroatoms. The van der Waals surface area contributed by atoms with Gasteiger partial charge < -0.3 is 19.7 Å². The Morgan fingerprint density at radius 3 is 2.78 bits per heavy atom. The topological polar surface area (TPSA) is 114 Å². The van der Waals surface area contributed by atoms with E-state index >= 15 is 0 Å². The van der Waals surface area contributed by atoms with E-state index < -0.39 is 35.8 Å². The standard InChI is InChI=1S/C10H14N2O6/c1-17-4-5-7(14)8(15)9(18-5)12-3-2-6(13)11-10(12)16/h2-3,5,7-9,14-15H,4H2,1H3,(H,11,13,16)/t5-,7-,8+,9-/m1/s1. The lowest BCUT2D eigenvalue weighted by Gasteiger charge is -2.16. The first kappa shape index (κ1) is 13.0. The normalized spacial score (nSPS) is 31.7. The second-order valence-corrected chi connectivity index (χ2v) is 4.02. The lowest BCUT2D eigenvalue weighted by atomic mass is 10.1. The molecule has 0 saturated carbocycles. The van der Waals surface area contributed by atoms with Crippen LogP contribution in [0.2, 0.25) is 0 Å². The van der Waals surface area contributed by atoms with Crippen LogP contribution in [-0.2, 0) is 9.47 Å². The van der Waals surface area contributed by atoms with Crippen molar-refractivity contribution in [3.63, 3.8) is 0 Å².